The standard InChI is InChI=1S/C15H14BrClN4/c16-11-5-4-10(13(17)8-11)7-14(20-18)12-9-19-21-6-2-1-3-15(12)21/h1-6,8-9,14,20H,7,18H2. The second-order valence-electron chi connectivity index (χ2n) is 4.79. The van der Waals surface area contributed by atoms with Crippen LogP contribution in [0.25, 0.3) is 5.52 Å². The van der Waals surface area contributed by atoms with E-state index in [4.69, 9.17) is 17.4 Å². The summed E-state index contributed by atoms with van der Waals surface area (Å²) in [5.74, 6) is 5.74. The molecule has 4 nitrogen and oxygen atoms in total. The predicted molar refractivity (Wildman–Crippen MR) is 88.1 cm³/mol. The van der Waals surface area contributed by atoms with E-state index in [1.165, 1.54) is 0 Å². The van der Waals surface area contributed by atoms with E-state index in [1.54, 1.807) is 0 Å². The number of aromatic nitrogens is 2. The molecule has 2 aromatic heterocycles. The van der Waals surface area contributed by atoms with Gasteiger partial charge in [-0.1, -0.05) is 39.7 Å². The van der Waals surface area contributed by atoms with E-state index in [2.05, 4.69) is 26.5 Å². The molecule has 0 saturated heterocycles. The summed E-state index contributed by atoms with van der Waals surface area (Å²) >= 11 is 9.70. The first-order chi connectivity index (χ1) is 10.2. The fourth-order valence-electron chi connectivity index (χ4n) is 2.39. The first kappa shape index (κ1) is 14.5. The van der Waals surface area contributed by atoms with Crippen LogP contribution >= 0.6 is 27.5 Å². The van der Waals surface area contributed by atoms with E-state index in [1.807, 2.05) is 53.3 Å². The van der Waals surface area contributed by atoms with Gasteiger partial charge in [0.25, 0.3) is 0 Å². The molecule has 1 aromatic carbocycles. The predicted octanol–water partition coefficient (Wildman–Crippen LogP) is 3.50. The fourth-order valence-corrected chi connectivity index (χ4v) is 3.14. The number of fused-ring (bicyclic) bond motifs is 1. The molecule has 1 atom stereocenters. The van der Waals surface area contributed by atoms with Gasteiger partial charge >= 0.3 is 0 Å². The minimum Gasteiger partial charge on any atom is -0.271 e. The number of rotatable bonds is 4. The zero-order valence-electron chi connectivity index (χ0n) is 11.1. The summed E-state index contributed by atoms with van der Waals surface area (Å²) in [6.07, 6.45) is 4.45. The summed E-state index contributed by atoms with van der Waals surface area (Å²) in [4.78, 5) is 0. The summed E-state index contributed by atoms with van der Waals surface area (Å²) in [6.45, 7) is 0. The van der Waals surface area contributed by atoms with Gasteiger partial charge in [0.15, 0.2) is 0 Å². The summed E-state index contributed by atoms with van der Waals surface area (Å²) in [6, 6.07) is 11.8. The number of nitrogens with two attached hydrogens (primary N) is 1. The summed E-state index contributed by atoms with van der Waals surface area (Å²) in [5, 5.41) is 5.07. The van der Waals surface area contributed by atoms with Crippen molar-refractivity contribution >= 4 is 33.0 Å². The van der Waals surface area contributed by atoms with E-state index in [0.29, 0.717) is 6.42 Å². The largest absolute Gasteiger partial charge is 0.271 e. The third-order valence-electron chi connectivity index (χ3n) is 3.47. The van der Waals surface area contributed by atoms with Gasteiger partial charge in [-0.3, -0.25) is 11.3 Å². The molecule has 6 heteroatoms. The molecule has 0 fully saturated rings. The molecule has 108 valence electrons. The molecule has 0 aliphatic carbocycles. The van der Waals surface area contributed by atoms with Crippen LogP contribution in [0.15, 0.2) is 53.3 Å². The number of hydrazine groups is 1. The summed E-state index contributed by atoms with van der Waals surface area (Å²) in [5.41, 5.74) is 5.99. The highest BCUT2D eigenvalue weighted by atomic mass is 79.9. The average Bonchev–Trinajstić information content (AvgIpc) is 2.91. The van der Waals surface area contributed by atoms with Gasteiger partial charge in [-0.15, -0.1) is 0 Å². The zero-order valence-corrected chi connectivity index (χ0v) is 13.5. The van der Waals surface area contributed by atoms with Crippen LogP contribution in [0, 0.1) is 0 Å². The van der Waals surface area contributed by atoms with E-state index >= 15 is 0 Å². The van der Waals surface area contributed by atoms with Crippen molar-refractivity contribution in [3.05, 3.63) is 69.4 Å². The normalized spacial score (nSPS) is 12.7. The smallest absolute Gasteiger partial charge is 0.0710 e. The number of pyridine rings is 1. The molecular formula is C15H14BrClN4. The fraction of sp³-hybridized carbons (Fsp3) is 0.133. The Balaban J connectivity index is 1.95. The van der Waals surface area contributed by atoms with Gasteiger partial charge in [0.2, 0.25) is 0 Å². The highest BCUT2D eigenvalue weighted by molar-refractivity contribution is 9.10. The van der Waals surface area contributed by atoms with Gasteiger partial charge in [-0.25, -0.2) is 4.52 Å². The molecule has 0 bridgehead atoms. The molecular weight excluding hydrogens is 352 g/mol. The Morgan fingerprint density at radius 1 is 1.33 bits per heavy atom. The maximum Gasteiger partial charge on any atom is 0.0710 e. The third kappa shape index (κ3) is 2.96. The Hall–Kier alpha value is -1.40. The van der Waals surface area contributed by atoms with Gasteiger partial charge in [-0.2, -0.15) is 5.10 Å². The molecule has 3 N–H and O–H groups in total. The maximum absolute atomic E-state index is 6.29. The number of hydrogen-bond acceptors (Lipinski definition) is 3. The molecule has 0 aliphatic rings. The second kappa shape index (κ2) is 6.15. The Morgan fingerprint density at radius 2 is 2.19 bits per heavy atom. The lowest BCUT2D eigenvalue weighted by molar-refractivity contribution is 0.555. The van der Waals surface area contributed by atoms with Crippen molar-refractivity contribution in [2.45, 2.75) is 12.5 Å². The van der Waals surface area contributed by atoms with Crippen molar-refractivity contribution in [1.82, 2.24) is 15.0 Å². The zero-order chi connectivity index (χ0) is 14.8. The Labute approximate surface area is 136 Å². The molecule has 21 heavy (non-hydrogen) atoms. The van der Waals surface area contributed by atoms with Crippen LogP contribution in [0.1, 0.15) is 17.2 Å². The van der Waals surface area contributed by atoms with E-state index < -0.39 is 0 Å². The van der Waals surface area contributed by atoms with E-state index in [0.717, 1.165) is 26.1 Å². The van der Waals surface area contributed by atoms with Crippen LogP contribution in [0.2, 0.25) is 5.02 Å². The van der Waals surface area contributed by atoms with E-state index in [9.17, 15) is 0 Å². The summed E-state index contributed by atoms with van der Waals surface area (Å²) < 4.78 is 2.80. The Morgan fingerprint density at radius 3 is 2.95 bits per heavy atom. The van der Waals surface area contributed by atoms with Crippen LogP contribution < -0.4 is 11.3 Å². The van der Waals surface area contributed by atoms with Crippen molar-refractivity contribution < 1.29 is 0 Å². The monoisotopic (exact) mass is 364 g/mol. The highest BCUT2D eigenvalue weighted by Gasteiger charge is 2.17. The van der Waals surface area contributed by atoms with Crippen LogP contribution in [0.3, 0.4) is 0 Å². The maximum atomic E-state index is 6.29. The molecule has 2 heterocycles. The lowest BCUT2D eigenvalue weighted by atomic mass is 10.0. The van der Waals surface area contributed by atoms with Gasteiger partial charge in [0.05, 0.1) is 17.8 Å². The highest BCUT2D eigenvalue weighted by Crippen LogP contribution is 2.27. The topological polar surface area (TPSA) is 55.3 Å². The third-order valence-corrected chi connectivity index (χ3v) is 4.32. The number of nitrogens with zero attached hydrogens (tertiary/aromatic N) is 2. The van der Waals surface area contributed by atoms with Crippen molar-refractivity contribution in [3.63, 3.8) is 0 Å². The quantitative estimate of drug-likeness (QED) is 0.549. The van der Waals surface area contributed by atoms with Crippen molar-refractivity contribution in [1.29, 1.82) is 0 Å². The second-order valence-corrected chi connectivity index (χ2v) is 6.11. The molecule has 3 rings (SSSR count). The first-order valence-corrected chi connectivity index (χ1v) is 7.68. The number of nitrogens with one attached hydrogen (secondary N) is 1. The lowest BCUT2D eigenvalue weighted by Gasteiger charge is -2.16. The Kier molecular flexibility index (Phi) is 4.26. The minimum absolute atomic E-state index is 0.0522. The van der Waals surface area contributed by atoms with Gasteiger partial charge in [0.1, 0.15) is 0 Å². The lowest BCUT2D eigenvalue weighted by Crippen LogP contribution is -2.29. The first-order valence-electron chi connectivity index (χ1n) is 6.51. The molecule has 0 spiro atoms. The van der Waals surface area contributed by atoms with Crippen LogP contribution in [-0.4, -0.2) is 9.61 Å². The molecule has 1 unspecified atom stereocenters. The van der Waals surface area contributed by atoms with Gasteiger partial charge in [0, 0.05) is 21.3 Å². The van der Waals surface area contributed by atoms with Crippen molar-refractivity contribution in [2.24, 2.45) is 5.84 Å². The molecule has 0 radical (unpaired) electrons. The van der Waals surface area contributed by atoms with Crippen LogP contribution in [0.5, 0.6) is 0 Å². The SMILES string of the molecule is NNC(Cc1ccc(Br)cc1Cl)c1cnn2ccccc12. The molecule has 3 aromatic rings. The molecule has 0 saturated carbocycles. The minimum atomic E-state index is -0.0522. The average molecular weight is 366 g/mol. The number of benzene rings is 1. The Bertz CT molecular complexity index is 771. The number of hydrogen-bond donors (Lipinski definition) is 2. The molecule has 0 amide bonds. The molecule has 0 aliphatic heterocycles. The summed E-state index contributed by atoms with van der Waals surface area (Å²) in [7, 11) is 0. The van der Waals surface area contributed by atoms with Gasteiger partial charge in [-0.05, 0) is 36.2 Å². The van der Waals surface area contributed by atoms with Gasteiger partial charge < -0.3 is 0 Å². The van der Waals surface area contributed by atoms with Crippen LogP contribution in [0.4, 0.5) is 0 Å². The van der Waals surface area contributed by atoms with Crippen molar-refractivity contribution in [2.75, 3.05) is 0 Å². The van der Waals surface area contributed by atoms with E-state index in [-0.39, 0.29) is 6.04 Å². The van der Waals surface area contributed by atoms with Crippen LogP contribution in [-0.2, 0) is 6.42 Å². The van der Waals surface area contributed by atoms with Crippen molar-refractivity contribution in [3.8, 4) is 0 Å². The number of halogens is 2.